The van der Waals surface area contributed by atoms with Crippen molar-refractivity contribution in [3.63, 3.8) is 0 Å². The van der Waals surface area contributed by atoms with Crippen molar-refractivity contribution >= 4 is 17.3 Å². The summed E-state index contributed by atoms with van der Waals surface area (Å²) in [5.41, 5.74) is 2.66. The van der Waals surface area contributed by atoms with Crippen molar-refractivity contribution in [2.75, 3.05) is 27.2 Å². The Morgan fingerprint density at radius 1 is 1.18 bits per heavy atom. The number of piperidine rings is 1. The molecule has 4 rings (SSSR count). The van der Waals surface area contributed by atoms with Crippen LogP contribution in [0.1, 0.15) is 36.4 Å². The van der Waals surface area contributed by atoms with Gasteiger partial charge in [0.1, 0.15) is 5.66 Å². The molecule has 1 atom stereocenters. The molecular weight excluding hydrogens is 374 g/mol. The van der Waals surface area contributed by atoms with E-state index in [0.717, 1.165) is 42.8 Å². The summed E-state index contributed by atoms with van der Waals surface area (Å²) in [6.07, 6.45) is 2.56. The molecule has 2 heterocycles. The number of phenols is 1. The summed E-state index contributed by atoms with van der Waals surface area (Å²) in [6.45, 7) is 1.97. The summed E-state index contributed by atoms with van der Waals surface area (Å²) in [5, 5.41) is 15.2. The molecule has 2 N–H and O–H groups in total. The second kappa shape index (κ2) is 7.74. The van der Waals surface area contributed by atoms with Crippen LogP contribution in [-0.2, 0) is 0 Å². The molecule has 2 aliphatic heterocycles. The maximum atomic E-state index is 10.7. The van der Waals surface area contributed by atoms with Crippen molar-refractivity contribution in [2.45, 2.75) is 31.0 Å². The summed E-state index contributed by atoms with van der Waals surface area (Å²) in [7, 11) is 3.72. The molecule has 148 valence electrons. The van der Waals surface area contributed by atoms with Crippen LogP contribution in [0.2, 0.25) is 5.02 Å². The molecule has 2 aromatic carbocycles. The first-order chi connectivity index (χ1) is 13.5. The fraction of sp³-hybridized carbons (Fsp3) is 0.409. The van der Waals surface area contributed by atoms with E-state index in [0.29, 0.717) is 17.2 Å². The molecule has 0 aliphatic carbocycles. The lowest BCUT2D eigenvalue weighted by atomic mass is 9.87. The Labute approximate surface area is 171 Å². The van der Waals surface area contributed by atoms with E-state index in [1.165, 1.54) is 0 Å². The highest BCUT2D eigenvalue weighted by atomic mass is 35.5. The Kier molecular flexibility index (Phi) is 5.32. The van der Waals surface area contributed by atoms with Crippen molar-refractivity contribution in [3.8, 4) is 11.5 Å². The van der Waals surface area contributed by atoms with Gasteiger partial charge in [-0.1, -0.05) is 35.9 Å². The van der Waals surface area contributed by atoms with E-state index in [1.807, 2.05) is 36.4 Å². The summed E-state index contributed by atoms with van der Waals surface area (Å²) in [6, 6.07) is 13.5. The predicted molar refractivity (Wildman–Crippen MR) is 113 cm³/mol. The zero-order valence-corrected chi connectivity index (χ0v) is 17.0. The minimum atomic E-state index is -0.320. The number of likely N-dealkylation sites (tertiary alicyclic amines) is 1. The second-order valence-electron chi connectivity index (χ2n) is 7.70. The van der Waals surface area contributed by atoms with Gasteiger partial charge in [-0.3, -0.25) is 10.3 Å². The van der Waals surface area contributed by atoms with Gasteiger partial charge in [0.25, 0.3) is 0 Å². The van der Waals surface area contributed by atoms with E-state index in [4.69, 9.17) is 21.3 Å². The topological polar surface area (TPSA) is 57.1 Å². The first kappa shape index (κ1) is 19.2. The van der Waals surface area contributed by atoms with Crippen molar-refractivity contribution in [1.82, 2.24) is 10.2 Å². The Balaban J connectivity index is 1.74. The number of methoxy groups -OCH3 is 1. The molecule has 2 aliphatic rings. The van der Waals surface area contributed by atoms with Crippen LogP contribution in [0.5, 0.6) is 11.5 Å². The first-order valence-electron chi connectivity index (χ1n) is 9.66. The first-order valence-corrected chi connectivity index (χ1v) is 10.0. The maximum Gasteiger partial charge on any atom is 0.162 e. The Bertz CT molecular complexity index is 874. The molecule has 6 heteroatoms. The second-order valence-corrected chi connectivity index (χ2v) is 8.14. The minimum Gasteiger partial charge on any atom is -0.504 e. The van der Waals surface area contributed by atoms with Gasteiger partial charge in [-0.15, -0.1) is 0 Å². The fourth-order valence-corrected chi connectivity index (χ4v) is 4.27. The largest absolute Gasteiger partial charge is 0.504 e. The number of hydrogen-bond donors (Lipinski definition) is 2. The number of nitrogens with zero attached hydrogens (tertiary/aromatic N) is 2. The zero-order valence-electron chi connectivity index (χ0n) is 16.3. The van der Waals surface area contributed by atoms with Crippen molar-refractivity contribution in [3.05, 3.63) is 58.6 Å². The molecule has 1 fully saturated rings. The minimum absolute atomic E-state index is 0.0401. The van der Waals surface area contributed by atoms with E-state index in [9.17, 15) is 5.11 Å². The van der Waals surface area contributed by atoms with Crippen LogP contribution in [0.15, 0.2) is 47.5 Å². The van der Waals surface area contributed by atoms with Crippen molar-refractivity contribution in [2.24, 2.45) is 4.99 Å². The molecule has 0 bridgehead atoms. The lowest BCUT2D eigenvalue weighted by Crippen LogP contribution is -2.55. The van der Waals surface area contributed by atoms with Crippen LogP contribution in [0.4, 0.5) is 0 Å². The highest BCUT2D eigenvalue weighted by molar-refractivity contribution is 6.30. The normalized spacial score (nSPS) is 22.1. The van der Waals surface area contributed by atoms with Crippen LogP contribution >= 0.6 is 11.6 Å². The molecule has 0 saturated carbocycles. The van der Waals surface area contributed by atoms with E-state index < -0.39 is 0 Å². The standard InChI is InChI=1S/C22H26ClN3O2/c1-26-12-10-22(11-13-26)24-18(15-6-8-16(23)9-7-15)14-19(25-22)17-4-3-5-20(28-2)21(17)27/h3-9,19,25,27H,10-14H2,1-2H3/t19-/m0/s1. The lowest BCUT2D eigenvalue weighted by molar-refractivity contribution is 0.144. The van der Waals surface area contributed by atoms with Gasteiger partial charge in [0, 0.05) is 41.8 Å². The summed E-state index contributed by atoms with van der Waals surface area (Å²) in [4.78, 5) is 7.51. The highest BCUT2D eigenvalue weighted by Crippen LogP contribution is 2.40. The van der Waals surface area contributed by atoms with Crippen LogP contribution in [0.25, 0.3) is 0 Å². The molecule has 5 nitrogen and oxygen atoms in total. The number of ether oxygens (including phenoxy) is 1. The molecular formula is C22H26ClN3O2. The van der Waals surface area contributed by atoms with Gasteiger partial charge in [0.2, 0.25) is 0 Å². The quantitative estimate of drug-likeness (QED) is 0.819. The Morgan fingerprint density at radius 2 is 1.89 bits per heavy atom. The van der Waals surface area contributed by atoms with Crippen molar-refractivity contribution < 1.29 is 9.84 Å². The molecule has 0 unspecified atom stereocenters. The third-order valence-electron chi connectivity index (χ3n) is 5.81. The van der Waals surface area contributed by atoms with Gasteiger partial charge in [-0.05, 0) is 43.7 Å². The van der Waals surface area contributed by atoms with Gasteiger partial charge in [0.05, 0.1) is 7.11 Å². The Hall–Kier alpha value is -2.08. The molecule has 0 aromatic heterocycles. The van der Waals surface area contributed by atoms with E-state index in [1.54, 1.807) is 13.2 Å². The van der Waals surface area contributed by atoms with E-state index in [-0.39, 0.29) is 17.5 Å². The average Bonchev–Trinajstić information content (AvgIpc) is 2.71. The zero-order chi connectivity index (χ0) is 19.7. The number of benzene rings is 2. The maximum absolute atomic E-state index is 10.7. The Morgan fingerprint density at radius 3 is 2.57 bits per heavy atom. The van der Waals surface area contributed by atoms with Crippen molar-refractivity contribution in [1.29, 1.82) is 0 Å². The molecule has 0 amide bonds. The van der Waals surface area contributed by atoms with Crippen LogP contribution < -0.4 is 10.1 Å². The molecule has 1 saturated heterocycles. The molecule has 1 spiro atoms. The number of halogens is 1. The van der Waals surface area contributed by atoms with Crippen LogP contribution in [-0.4, -0.2) is 48.6 Å². The fourth-order valence-electron chi connectivity index (χ4n) is 4.15. The van der Waals surface area contributed by atoms with Gasteiger partial charge in [-0.25, -0.2) is 0 Å². The number of aliphatic imine (C=N–C) groups is 1. The SMILES string of the molecule is COc1cccc([C@@H]2CC(c3ccc(Cl)cc3)=NC3(CCN(C)CC3)N2)c1O. The number of aromatic hydroxyl groups is 1. The van der Waals surface area contributed by atoms with Crippen LogP contribution in [0.3, 0.4) is 0 Å². The monoisotopic (exact) mass is 399 g/mol. The number of rotatable bonds is 3. The van der Waals surface area contributed by atoms with Gasteiger partial charge in [0.15, 0.2) is 11.5 Å². The summed E-state index contributed by atoms with van der Waals surface area (Å²) < 4.78 is 5.32. The van der Waals surface area contributed by atoms with E-state index >= 15 is 0 Å². The molecule has 2 aromatic rings. The van der Waals surface area contributed by atoms with E-state index in [2.05, 4.69) is 17.3 Å². The summed E-state index contributed by atoms with van der Waals surface area (Å²) >= 11 is 6.08. The smallest absolute Gasteiger partial charge is 0.162 e. The number of phenolic OH excluding ortho intramolecular Hbond substituents is 1. The van der Waals surface area contributed by atoms with Gasteiger partial charge in [-0.2, -0.15) is 0 Å². The lowest BCUT2D eigenvalue weighted by Gasteiger charge is -2.44. The number of hydrogen-bond acceptors (Lipinski definition) is 5. The molecule has 28 heavy (non-hydrogen) atoms. The number of nitrogens with one attached hydrogen (secondary N) is 1. The van der Waals surface area contributed by atoms with Gasteiger partial charge < -0.3 is 14.7 Å². The van der Waals surface area contributed by atoms with Crippen LogP contribution in [0, 0.1) is 0 Å². The third-order valence-corrected chi connectivity index (χ3v) is 6.06. The van der Waals surface area contributed by atoms with Gasteiger partial charge >= 0.3 is 0 Å². The predicted octanol–water partition coefficient (Wildman–Crippen LogP) is 4.00. The summed E-state index contributed by atoms with van der Waals surface area (Å²) in [5.74, 6) is 0.690. The molecule has 0 radical (unpaired) electrons. The third kappa shape index (κ3) is 3.75. The highest BCUT2D eigenvalue weighted by Gasteiger charge is 2.40. The number of para-hydroxylation sites is 1. The average molecular weight is 400 g/mol.